The zero-order valence-electron chi connectivity index (χ0n) is 17.2. The lowest BCUT2D eigenvalue weighted by atomic mass is 9.70. The van der Waals surface area contributed by atoms with Crippen LogP contribution in [0.1, 0.15) is 46.0 Å². The van der Waals surface area contributed by atoms with Gasteiger partial charge >= 0.3 is 0 Å². The molecule has 0 aromatic rings. The first kappa shape index (κ1) is 18.8. The smallest absolute Gasteiger partial charge is 0.245 e. The second-order valence-electron chi connectivity index (χ2n) is 11.0. The molecule has 1 saturated heterocycles. The lowest BCUT2D eigenvalue weighted by Gasteiger charge is -2.44. The van der Waals surface area contributed by atoms with E-state index in [1.54, 1.807) is 4.90 Å². The van der Waals surface area contributed by atoms with Gasteiger partial charge in [-0.15, -0.1) is 0 Å². The molecule has 2 heterocycles. The summed E-state index contributed by atoms with van der Waals surface area (Å²) in [5.41, 5.74) is -1.70. The van der Waals surface area contributed by atoms with E-state index in [0.29, 0.717) is 24.6 Å². The first-order valence-electron chi connectivity index (χ1n) is 11.1. The Balaban J connectivity index is 1.45. The lowest BCUT2D eigenvalue weighted by molar-refractivity contribution is -0.151. The lowest BCUT2D eigenvalue weighted by Crippen LogP contribution is -2.55. The number of carbonyl (C=O) groups is 1. The average molecular weight is 418 g/mol. The van der Waals surface area contributed by atoms with Crippen molar-refractivity contribution in [3.8, 4) is 0 Å². The summed E-state index contributed by atoms with van der Waals surface area (Å²) < 4.78 is 13.3. The minimum atomic E-state index is -1.45. The molecule has 2 N–H and O–H groups in total. The number of rotatable bonds is 3. The molecule has 0 aromatic heterocycles. The molecule has 158 valence electrons. The molecule has 4 aliphatic carbocycles. The second kappa shape index (κ2) is 5.43. The van der Waals surface area contributed by atoms with Gasteiger partial charge in [0.1, 0.15) is 10.5 Å². The van der Waals surface area contributed by atoms with E-state index in [9.17, 15) is 19.2 Å². The van der Waals surface area contributed by atoms with Crippen molar-refractivity contribution in [1.29, 1.82) is 0 Å². The van der Waals surface area contributed by atoms with Crippen molar-refractivity contribution in [1.82, 2.24) is 4.90 Å². The van der Waals surface area contributed by atoms with E-state index in [1.807, 2.05) is 12.2 Å². The summed E-state index contributed by atoms with van der Waals surface area (Å²) in [6.07, 6.45) is 11.6. The van der Waals surface area contributed by atoms with Gasteiger partial charge in [-0.3, -0.25) is 9.00 Å². The molecule has 1 unspecified atom stereocenters. The zero-order valence-corrected chi connectivity index (χ0v) is 18.0. The van der Waals surface area contributed by atoms with Crippen LogP contribution in [0.5, 0.6) is 0 Å². The largest absolute Gasteiger partial charge is 0.392 e. The van der Waals surface area contributed by atoms with Crippen LogP contribution < -0.4 is 0 Å². The minimum absolute atomic E-state index is 0.0734. The van der Waals surface area contributed by atoms with Crippen molar-refractivity contribution < 1.29 is 19.2 Å². The van der Waals surface area contributed by atoms with Crippen LogP contribution >= 0.6 is 0 Å². The molecule has 0 spiro atoms. The monoisotopic (exact) mass is 417 g/mol. The maximum Gasteiger partial charge on any atom is 0.245 e. The minimum Gasteiger partial charge on any atom is -0.392 e. The highest BCUT2D eigenvalue weighted by Gasteiger charge is 2.78. The highest BCUT2D eigenvalue weighted by molar-refractivity contribution is 7.87. The number of nitrogens with zero attached hydrogens (tertiary/aromatic N) is 1. The van der Waals surface area contributed by atoms with Gasteiger partial charge < -0.3 is 15.1 Å². The summed E-state index contributed by atoms with van der Waals surface area (Å²) in [7, 11) is -1.45. The number of hydrogen-bond acceptors (Lipinski definition) is 4. The van der Waals surface area contributed by atoms with Gasteiger partial charge in [-0.2, -0.15) is 0 Å². The van der Waals surface area contributed by atoms with Crippen molar-refractivity contribution in [2.24, 2.45) is 34.5 Å². The molecule has 0 radical (unpaired) electrons. The quantitative estimate of drug-likeness (QED) is 0.689. The topological polar surface area (TPSA) is 77.8 Å². The van der Waals surface area contributed by atoms with Crippen molar-refractivity contribution in [3.05, 3.63) is 24.3 Å². The summed E-state index contributed by atoms with van der Waals surface area (Å²) in [5.74, 6) is 0.412. The summed E-state index contributed by atoms with van der Waals surface area (Å²) in [6.45, 7) is 4.82. The Hall–Kier alpha value is -0.980. The molecule has 6 rings (SSSR count). The second-order valence-corrected chi connectivity index (χ2v) is 12.6. The first-order chi connectivity index (χ1) is 13.7. The fraction of sp³-hybridized carbons (Fsp3) is 0.783. The van der Waals surface area contributed by atoms with E-state index in [2.05, 4.69) is 26.0 Å². The van der Waals surface area contributed by atoms with Gasteiger partial charge in [-0.05, 0) is 42.9 Å². The van der Waals surface area contributed by atoms with Crippen molar-refractivity contribution >= 4 is 16.7 Å². The van der Waals surface area contributed by atoms with Crippen LogP contribution in [0.25, 0.3) is 0 Å². The molecule has 2 aliphatic heterocycles. The molecule has 0 aromatic carbocycles. The predicted octanol–water partition coefficient (Wildman–Crippen LogP) is 1.97. The van der Waals surface area contributed by atoms with Crippen molar-refractivity contribution in [2.45, 2.75) is 62.5 Å². The van der Waals surface area contributed by atoms with Gasteiger partial charge in [0.25, 0.3) is 0 Å². The highest BCUT2D eigenvalue weighted by atomic mass is 32.2. The summed E-state index contributed by atoms with van der Waals surface area (Å²) >= 11 is 0. The van der Waals surface area contributed by atoms with Crippen LogP contribution in [0.3, 0.4) is 0 Å². The third-order valence-electron chi connectivity index (χ3n) is 10.1. The van der Waals surface area contributed by atoms with Gasteiger partial charge in [-0.25, -0.2) is 0 Å². The molecular formula is C23H31NO4S. The van der Waals surface area contributed by atoms with Crippen LogP contribution in [0.4, 0.5) is 0 Å². The van der Waals surface area contributed by atoms with E-state index in [0.717, 1.165) is 25.7 Å². The predicted molar refractivity (Wildman–Crippen MR) is 110 cm³/mol. The Bertz CT molecular complexity index is 882. The molecule has 9 atom stereocenters. The molecule has 6 aliphatic rings. The Morgan fingerprint density at radius 1 is 1.24 bits per heavy atom. The van der Waals surface area contributed by atoms with E-state index < -0.39 is 32.8 Å². The third kappa shape index (κ3) is 1.83. The standard InChI is InChI=1S/C23H31NO4S/c1-20(2)15-7-9-21(20,17(25)12-15)13-29(28)23-16-6-5-14(11-16)18(23)22(27)8-3-4-10-24(22)19(23)26/h3-6,14-18,25,27H,7-13H2,1-2H3/t14-,15-,16+,17+,18-,21-,22+,23+,29?/m0/s1. The number of hydrogen-bond donors (Lipinski definition) is 2. The van der Waals surface area contributed by atoms with Crippen LogP contribution in [-0.4, -0.2) is 54.1 Å². The summed E-state index contributed by atoms with van der Waals surface area (Å²) in [4.78, 5) is 15.4. The SMILES string of the molecule is CC1(C)[C@H]2CC[C@]1(CS(=O)[C@@]13C(=O)N4CC=CC[C@@]4(O)[C@@H]1[C@H]1C=C[C@@H]3C1)[C@H](O)C2. The molecule has 29 heavy (non-hydrogen) atoms. The molecule has 3 saturated carbocycles. The van der Waals surface area contributed by atoms with Gasteiger partial charge in [0, 0.05) is 46.8 Å². The van der Waals surface area contributed by atoms with E-state index in [-0.39, 0.29) is 29.1 Å². The first-order valence-corrected chi connectivity index (χ1v) is 12.5. The third-order valence-corrected chi connectivity index (χ3v) is 12.4. The van der Waals surface area contributed by atoms with Crippen LogP contribution in [-0.2, 0) is 15.6 Å². The molecule has 4 fully saturated rings. The molecule has 4 bridgehead atoms. The van der Waals surface area contributed by atoms with Crippen LogP contribution in [0.2, 0.25) is 0 Å². The molecule has 1 amide bonds. The van der Waals surface area contributed by atoms with Gasteiger partial charge in [0.05, 0.1) is 6.10 Å². The number of amides is 1. The normalized spacial score (nSPS) is 54.3. The Morgan fingerprint density at radius 2 is 2.03 bits per heavy atom. The van der Waals surface area contributed by atoms with E-state index >= 15 is 0 Å². The number of allylic oxidation sites excluding steroid dienone is 2. The van der Waals surface area contributed by atoms with E-state index in [1.165, 1.54) is 0 Å². The number of carbonyl (C=O) groups excluding carboxylic acids is 1. The van der Waals surface area contributed by atoms with Gasteiger partial charge in [-0.1, -0.05) is 38.2 Å². The number of aliphatic hydroxyl groups is 2. The van der Waals surface area contributed by atoms with Crippen molar-refractivity contribution in [2.75, 3.05) is 12.3 Å². The fourth-order valence-electron chi connectivity index (χ4n) is 8.43. The average Bonchev–Trinajstić information content (AvgIpc) is 3.41. The zero-order chi connectivity index (χ0) is 20.4. The Labute approximate surface area is 174 Å². The molecule has 5 nitrogen and oxygen atoms in total. The van der Waals surface area contributed by atoms with Crippen LogP contribution in [0.15, 0.2) is 24.3 Å². The van der Waals surface area contributed by atoms with Crippen molar-refractivity contribution in [3.63, 3.8) is 0 Å². The summed E-state index contributed by atoms with van der Waals surface area (Å²) in [5, 5.41) is 22.7. The van der Waals surface area contributed by atoms with Crippen LogP contribution in [0, 0.1) is 34.5 Å². The Kier molecular flexibility index (Phi) is 3.52. The van der Waals surface area contributed by atoms with E-state index in [4.69, 9.17) is 0 Å². The fourth-order valence-corrected chi connectivity index (χ4v) is 11.3. The highest BCUT2D eigenvalue weighted by Crippen LogP contribution is 2.69. The summed E-state index contributed by atoms with van der Waals surface area (Å²) in [6, 6.07) is 0. The van der Waals surface area contributed by atoms with Gasteiger partial charge in [0.2, 0.25) is 5.91 Å². The number of fused-ring (bicyclic) bond motifs is 9. The maximum absolute atomic E-state index is 14.3. The Morgan fingerprint density at radius 3 is 2.72 bits per heavy atom. The molecule has 6 heteroatoms. The number of aliphatic hydroxyl groups excluding tert-OH is 1. The van der Waals surface area contributed by atoms with Gasteiger partial charge in [0.15, 0.2) is 0 Å². The maximum atomic E-state index is 14.3. The molecular weight excluding hydrogens is 386 g/mol.